The highest BCUT2D eigenvalue weighted by Crippen LogP contribution is 2.34. The number of nitrogens with zero attached hydrogens (tertiary/aromatic N) is 2. The Hall–Kier alpha value is -1.52. The number of urea groups is 1. The van der Waals surface area contributed by atoms with Crippen LogP contribution in [0.25, 0.3) is 0 Å². The van der Waals surface area contributed by atoms with E-state index in [1.807, 2.05) is 11.9 Å². The van der Waals surface area contributed by atoms with Gasteiger partial charge in [-0.15, -0.1) is 0 Å². The summed E-state index contributed by atoms with van der Waals surface area (Å²) in [5.74, 6) is 0.664. The molecule has 2 rings (SSSR count). The lowest BCUT2D eigenvalue weighted by Crippen LogP contribution is -2.45. The summed E-state index contributed by atoms with van der Waals surface area (Å²) in [6.07, 6.45) is 10.5. The van der Waals surface area contributed by atoms with Gasteiger partial charge in [-0.3, -0.25) is 9.69 Å². The van der Waals surface area contributed by atoms with Gasteiger partial charge in [-0.1, -0.05) is 19.4 Å². The number of allylic oxidation sites excluding steroid dienone is 2. The van der Waals surface area contributed by atoms with Gasteiger partial charge >= 0.3 is 6.03 Å². The van der Waals surface area contributed by atoms with Gasteiger partial charge in [0.15, 0.2) is 0 Å². The third kappa shape index (κ3) is 4.98. The average molecular weight is 321 g/mol. The van der Waals surface area contributed by atoms with E-state index in [1.165, 1.54) is 25.0 Å². The number of hydrogen-bond donors (Lipinski definition) is 1. The number of piperidine rings is 1. The van der Waals surface area contributed by atoms with Crippen molar-refractivity contribution in [1.29, 1.82) is 0 Å². The number of amides is 3. The zero-order valence-electron chi connectivity index (χ0n) is 14.6. The zero-order valence-corrected chi connectivity index (χ0v) is 14.6. The van der Waals surface area contributed by atoms with Crippen LogP contribution in [0.5, 0.6) is 0 Å². The Kier molecular flexibility index (Phi) is 6.93. The lowest BCUT2D eigenvalue weighted by Gasteiger charge is -2.37. The predicted octanol–water partition coefficient (Wildman–Crippen LogP) is 3.12. The van der Waals surface area contributed by atoms with E-state index < -0.39 is 0 Å². The van der Waals surface area contributed by atoms with E-state index in [4.69, 9.17) is 0 Å². The van der Waals surface area contributed by atoms with Crippen molar-refractivity contribution in [2.24, 2.45) is 5.92 Å². The fourth-order valence-corrected chi connectivity index (χ4v) is 3.48. The molecule has 5 heteroatoms. The van der Waals surface area contributed by atoms with Crippen LogP contribution in [-0.2, 0) is 4.79 Å². The van der Waals surface area contributed by atoms with Gasteiger partial charge in [0.05, 0.1) is 0 Å². The summed E-state index contributed by atoms with van der Waals surface area (Å²) in [4.78, 5) is 28.1. The van der Waals surface area contributed by atoms with Gasteiger partial charge in [0.1, 0.15) is 0 Å². The van der Waals surface area contributed by atoms with Gasteiger partial charge in [-0.25, -0.2) is 4.79 Å². The van der Waals surface area contributed by atoms with Crippen LogP contribution >= 0.6 is 0 Å². The summed E-state index contributed by atoms with van der Waals surface area (Å²) in [7, 11) is 1.84. The molecule has 1 saturated heterocycles. The Morgan fingerprint density at radius 1 is 1.35 bits per heavy atom. The van der Waals surface area contributed by atoms with E-state index in [-0.39, 0.29) is 11.9 Å². The quantitative estimate of drug-likeness (QED) is 0.817. The Morgan fingerprint density at radius 3 is 2.91 bits per heavy atom. The van der Waals surface area contributed by atoms with Gasteiger partial charge in [0.25, 0.3) is 0 Å². The van der Waals surface area contributed by atoms with Crippen LogP contribution in [0.15, 0.2) is 11.8 Å². The van der Waals surface area contributed by atoms with Gasteiger partial charge in [-0.05, 0) is 44.4 Å². The maximum Gasteiger partial charge on any atom is 0.321 e. The molecule has 5 nitrogen and oxygen atoms in total. The fourth-order valence-electron chi connectivity index (χ4n) is 3.48. The van der Waals surface area contributed by atoms with Crippen LogP contribution in [0.4, 0.5) is 4.79 Å². The molecule has 1 unspecified atom stereocenters. The van der Waals surface area contributed by atoms with E-state index in [0.29, 0.717) is 18.9 Å². The first-order valence-corrected chi connectivity index (χ1v) is 9.13. The summed E-state index contributed by atoms with van der Waals surface area (Å²) in [6, 6.07) is -0.0353. The third-order valence-corrected chi connectivity index (χ3v) is 4.91. The standard InChI is InChI=1S/C18H31N3O2/c1-3-4-13-20(2)17(22)11-12-19-18(23)21-14-7-9-15-8-5-6-10-16(15)21/h10,15H,3-9,11-14H2,1-2H3,(H,19,23). The fraction of sp³-hybridized carbons (Fsp3) is 0.778. The molecule has 1 aliphatic heterocycles. The summed E-state index contributed by atoms with van der Waals surface area (Å²) in [5, 5.41) is 2.93. The van der Waals surface area contributed by atoms with Crippen molar-refractivity contribution >= 4 is 11.9 Å². The Morgan fingerprint density at radius 2 is 2.13 bits per heavy atom. The van der Waals surface area contributed by atoms with Crippen LogP contribution < -0.4 is 5.32 Å². The van der Waals surface area contributed by atoms with Crippen molar-refractivity contribution in [1.82, 2.24) is 15.1 Å². The molecule has 0 aromatic heterocycles. The van der Waals surface area contributed by atoms with Gasteiger partial charge in [0.2, 0.25) is 5.91 Å². The van der Waals surface area contributed by atoms with Crippen LogP contribution in [0, 0.1) is 5.92 Å². The molecule has 3 amide bonds. The van der Waals surface area contributed by atoms with Crippen molar-refractivity contribution in [2.75, 3.05) is 26.7 Å². The monoisotopic (exact) mass is 321 g/mol. The minimum atomic E-state index is -0.0353. The lowest BCUT2D eigenvalue weighted by molar-refractivity contribution is -0.129. The van der Waals surface area contributed by atoms with Crippen molar-refractivity contribution in [3.8, 4) is 0 Å². The SMILES string of the molecule is CCCCN(C)C(=O)CCNC(=O)N1CCCC2CCCC=C21. The number of carbonyl (C=O) groups excluding carboxylic acids is 2. The molecule has 0 bridgehead atoms. The number of unbranched alkanes of at least 4 members (excludes halogenated alkanes) is 1. The van der Waals surface area contributed by atoms with Crippen LogP contribution in [-0.4, -0.2) is 48.4 Å². The van der Waals surface area contributed by atoms with E-state index in [9.17, 15) is 9.59 Å². The molecular weight excluding hydrogens is 290 g/mol. The molecule has 0 aromatic rings. The first kappa shape index (κ1) is 17.8. The van der Waals surface area contributed by atoms with Gasteiger partial charge in [0, 0.05) is 38.8 Å². The normalized spacial score (nSPS) is 20.5. The number of nitrogens with one attached hydrogen (secondary N) is 1. The van der Waals surface area contributed by atoms with E-state index >= 15 is 0 Å². The molecule has 1 aliphatic carbocycles. The highest BCUT2D eigenvalue weighted by Gasteiger charge is 2.30. The molecule has 0 spiro atoms. The Balaban J connectivity index is 1.76. The Labute approximate surface area is 140 Å². The van der Waals surface area contributed by atoms with Crippen molar-refractivity contribution in [3.05, 3.63) is 11.8 Å². The summed E-state index contributed by atoms with van der Waals surface area (Å²) < 4.78 is 0. The van der Waals surface area contributed by atoms with Gasteiger partial charge < -0.3 is 10.2 Å². The number of likely N-dealkylation sites (tertiary alicyclic amines) is 1. The largest absolute Gasteiger partial charge is 0.346 e. The van der Waals surface area contributed by atoms with E-state index in [2.05, 4.69) is 18.3 Å². The average Bonchev–Trinajstić information content (AvgIpc) is 2.58. The second-order valence-corrected chi connectivity index (χ2v) is 6.70. The molecule has 0 aromatic carbocycles. The zero-order chi connectivity index (χ0) is 16.7. The number of hydrogen-bond acceptors (Lipinski definition) is 2. The van der Waals surface area contributed by atoms with Crippen molar-refractivity contribution in [2.45, 2.75) is 58.3 Å². The highest BCUT2D eigenvalue weighted by atomic mass is 16.2. The molecule has 0 radical (unpaired) electrons. The lowest BCUT2D eigenvalue weighted by atomic mass is 9.85. The minimum Gasteiger partial charge on any atom is -0.346 e. The molecule has 1 N–H and O–H groups in total. The second kappa shape index (κ2) is 8.94. The summed E-state index contributed by atoms with van der Waals surface area (Å²) in [6.45, 7) is 4.13. The van der Waals surface area contributed by atoms with E-state index in [0.717, 1.165) is 38.8 Å². The van der Waals surface area contributed by atoms with E-state index in [1.54, 1.807) is 4.90 Å². The van der Waals surface area contributed by atoms with Crippen LogP contribution in [0.2, 0.25) is 0 Å². The third-order valence-electron chi connectivity index (χ3n) is 4.91. The van der Waals surface area contributed by atoms with Crippen molar-refractivity contribution in [3.63, 3.8) is 0 Å². The van der Waals surface area contributed by atoms with Gasteiger partial charge in [-0.2, -0.15) is 0 Å². The number of rotatable bonds is 6. The molecule has 1 atom stereocenters. The molecule has 23 heavy (non-hydrogen) atoms. The molecule has 1 heterocycles. The van der Waals surface area contributed by atoms with Crippen LogP contribution in [0.1, 0.15) is 58.3 Å². The molecule has 0 saturated carbocycles. The topological polar surface area (TPSA) is 52.7 Å². The minimum absolute atomic E-state index is 0.0353. The van der Waals surface area contributed by atoms with Crippen LogP contribution in [0.3, 0.4) is 0 Å². The first-order valence-electron chi connectivity index (χ1n) is 9.13. The molecule has 1 fully saturated rings. The van der Waals surface area contributed by atoms with Crippen molar-refractivity contribution < 1.29 is 9.59 Å². The summed E-state index contributed by atoms with van der Waals surface area (Å²) >= 11 is 0. The number of carbonyl (C=O) groups is 2. The molecular formula is C18H31N3O2. The number of fused-ring (bicyclic) bond motifs is 1. The Bertz CT molecular complexity index is 448. The smallest absolute Gasteiger partial charge is 0.321 e. The highest BCUT2D eigenvalue weighted by molar-refractivity contribution is 5.79. The second-order valence-electron chi connectivity index (χ2n) is 6.70. The maximum absolute atomic E-state index is 12.4. The summed E-state index contributed by atoms with van der Waals surface area (Å²) in [5.41, 5.74) is 1.21. The molecule has 130 valence electrons. The predicted molar refractivity (Wildman–Crippen MR) is 91.9 cm³/mol. The maximum atomic E-state index is 12.4. The molecule has 2 aliphatic rings. The first-order chi connectivity index (χ1) is 11.1.